The Labute approximate surface area is 322 Å². The van der Waals surface area contributed by atoms with Gasteiger partial charge in [0.2, 0.25) is 11.9 Å². The lowest BCUT2D eigenvalue weighted by atomic mass is 9.92. The van der Waals surface area contributed by atoms with Gasteiger partial charge < -0.3 is 30.4 Å². The first-order valence-corrected chi connectivity index (χ1v) is 19.8. The molecule has 14 nitrogen and oxygen atoms in total. The quantitative estimate of drug-likeness (QED) is 0.0270. The van der Waals surface area contributed by atoms with Gasteiger partial charge in [-0.3, -0.25) is 4.79 Å². The fraction of sp³-hybridized carbons (Fsp3) is 0.462. The maximum Gasteiger partial charge on any atom is 0.280 e. The highest BCUT2D eigenvalue weighted by Crippen LogP contribution is 2.44. The van der Waals surface area contributed by atoms with Gasteiger partial charge in [0.1, 0.15) is 5.75 Å². The number of carbonyl (C=O) groups is 1. The van der Waals surface area contributed by atoms with Gasteiger partial charge in [0, 0.05) is 47.4 Å². The van der Waals surface area contributed by atoms with E-state index in [0.717, 1.165) is 80.1 Å². The van der Waals surface area contributed by atoms with E-state index in [1.54, 1.807) is 0 Å². The number of amides is 1. The standard InChI is InChI=1S/C39H54N10O4S/c1-7-47(8-2)25-15-23-40-37-43-38(41-24-16-26-48(9-3)10-4)45-39(44-37)46-52-53-54-28-21-19-27(20-22-28)33-31-32(36(51)42-33)34(49(11-5)12-6)29-17-13-14-18-30(29)35(31)50/h13-14,17-22,50H,7-12,15-16,23-26H2,1-6H3,(H3,40,41,43,44,45,46). The molecule has 5 rings (SSSR count). The summed E-state index contributed by atoms with van der Waals surface area (Å²) < 4.78 is 5.40. The molecule has 15 heteroatoms. The fourth-order valence-corrected chi connectivity index (χ4v) is 6.97. The number of carbonyl (C=O) groups excluding carboxylic acids is 1. The SMILES string of the molecule is CCN(CC)CCCNc1nc(NCCCN(CC)CC)nc(NOOSc2ccc(C3=NC(=O)c4c3c(O)c3ccccc3c4N(CC)CC)cc2)n1. The van der Waals surface area contributed by atoms with Crippen molar-refractivity contribution in [2.45, 2.75) is 59.3 Å². The summed E-state index contributed by atoms with van der Waals surface area (Å²) in [6.07, 6.45) is 1.90. The number of hydrogen-bond donors (Lipinski definition) is 4. The fourth-order valence-electron chi connectivity index (χ4n) is 6.58. The normalized spacial score (nSPS) is 12.4. The van der Waals surface area contributed by atoms with Crippen molar-refractivity contribution < 1.29 is 19.2 Å². The second-order valence-electron chi connectivity index (χ2n) is 12.7. The van der Waals surface area contributed by atoms with Gasteiger partial charge in [-0.1, -0.05) is 69.1 Å². The number of hydrogen-bond acceptors (Lipinski definition) is 14. The summed E-state index contributed by atoms with van der Waals surface area (Å²) in [5.74, 6) is 0.749. The van der Waals surface area contributed by atoms with Gasteiger partial charge in [0.25, 0.3) is 11.9 Å². The highest BCUT2D eigenvalue weighted by atomic mass is 32.2. The molecule has 0 fully saturated rings. The maximum atomic E-state index is 13.4. The van der Waals surface area contributed by atoms with Crippen molar-refractivity contribution in [3.8, 4) is 5.75 Å². The van der Waals surface area contributed by atoms with E-state index in [-0.39, 0.29) is 17.6 Å². The first-order chi connectivity index (χ1) is 26.3. The number of fused-ring (bicyclic) bond motifs is 2. The van der Waals surface area contributed by atoms with Crippen LogP contribution in [0.15, 0.2) is 58.4 Å². The second-order valence-corrected chi connectivity index (χ2v) is 13.5. The number of aliphatic imine (C=N–C) groups is 1. The number of nitrogens with zero attached hydrogens (tertiary/aromatic N) is 7. The molecule has 2 heterocycles. The first-order valence-electron chi connectivity index (χ1n) is 19.1. The van der Waals surface area contributed by atoms with Crippen LogP contribution in [0.1, 0.15) is 75.9 Å². The topological polar surface area (TPSA) is 153 Å². The van der Waals surface area contributed by atoms with E-state index in [9.17, 15) is 9.90 Å². The first kappa shape index (κ1) is 40.6. The molecule has 0 saturated carbocycles. The van der Waals surface area contributed by atoms with Gasteiger partial charge in [0.05, 0.1) is 34.6 Å². The molecule has 0 saturated heterocycles. The minimum Gasteiger partial charge on any atom is -0.507 e. The Hall–Kier alpha value is -4.54. The predicted molar refractivity (Wildman–Crippen MR) is 219 cm³/mol. The highest BCUT2D eigenvalue weighted by molar-refractivity contribution is 7.94. The van der Waals surface area contributed by atoms with Gasteiger partial charge in [-0.15, -0.1) is 4.33 Å². The second kappa shape index (κ2) is 20.2. The zero-order valence-corrected chi connectivity index (χ0v) is 33.1. The van der Waals surface area contributed by atoms with E-state index in [1.165, 1.54) is 0 Å². The Bertz CT molecular complexity index is 1830. The van der Waals surface area contributed by atoms with Gasteiger partial charge >= 0.3 is 0 Å². The van der Waals surface area contributed by atoms with Crippen LogP contribution in [0.3, 0.4) is 0 Å². The van der Waals surface area contributed by atoms with E-state index < -0.39 is 0 Å². The Balaban J connectivity index is 1.23. The van der Waals surface area contributed by atoms with Crippen molar-refractivity contribution in [1.29, 1.82) is 0 Å². The number of anilines is 4. The average molecular weight is 759 g/mol. The maximum absolute atomic E-state index is 13.4. The lowest BCUT2D eigenvalue weighted by Gasteiger charge is -2.26. The molecule has 0 unspecified atom stereocenters. The lowest BCUT2D eigenvalue weighted by molar-refractivity contribution is -0.161. The number of phenolic OH excluding ortho intramolecular Hbond substituents is 1. The monoisotopic (exact) mass is 758 g/mol. The zero-order valence-electron chi connectivity index (χ0n) is 32.3. The molecule has 3 aromatic carbocycles. The van der Waals surface area contributed by atoms with Gasteiger partial charge in [0.15, 0.2) is 0 Å². The minimum atomic E-state index is -0.362. The van der Waals surface area contributed by atoms with E-state index in [0.29, 0.717) is 65.9 Å². The van der Waals surface area contributed by atoms with Crippen molar-refractivity contribution in [2.24, 2.45) is 4.99 Å². The number of phenols is 1. The molecule has 1 amide bonds. The Morgan fingerprint density at radius 3 is 1.81 bits per heavy atom. The molecular formula is C39H54N10O4S. The summed E-state index contributed by atoms with van der Waals surface area (Å²) in [4.78, 5) is 44.3. The number of rotatable bonds is 23. The summed E-state index contributed by atoms with van der Waals surface area (Å²) in [5.41, 5.74) is 5.49. The molecule has 290 valence electrons. The number of aromatic hydroxyl groups is 1. The number of benzene rings is 3. The van der Waals surface area contributed by atoms with Crippen LogP contribution in [0.5, 0.6) is 5.75 Å². The van der Waals surface area contributed by atoms with Crippen LogP contribution < -0.4 is 21.0 Å². The van der Waals surface area contributed by atoms with Crippen molar-refractivity contribution in [2.75, 3.05) is 86.5 Å². The molecule has 0 bridgehead atoms. The largest absolute Gasteiger partial charge is 0.507 e. The molecule has 0 aliphatic carbocycles. The van der Waals surface area contributed by atoms with Gasteiger partial charge in [-0.25, -0.2) is 4.99 Å². The molecule has 4 N–H and O–H groups in total. The third-order valence-corrected chi connectivity index (χ3v) is 10.2. The number of nitrogens with one attached hydrogen (secondary N) is 3. The van der Waals surface area contributed by atoms with E-state index in [2.05, 4.69) is 92.3 Å². The molecular weight excluding hydrogens is 705 g/mol. The average Bonchev–Trinajstić information content (AvgIpc) is 3.55. The van der Waals surface area contributed by atoms with Crippen LogP contribution >= 0.6 is 12.0 Å². The van der Waals surface area contributed by atoms with Crippen LogP contribution in [0.25, 0.3) is 10.8 Å². The highest BCUT2D eigenvalue weighted by Gasteiger charge is 2.34. The van der Waals surface area contributed by atoms with Crippen LogP contribution in [0.4, 0.5) is 23.5 Å². The third-order valence-electron chi connectivity index (χ3n) is 9.62. The molecule has 1 aromatic heterocycles. The smallest absolute Gasteiger partial charge is 0.280 e. The summed E-state index contributed by atoms with van der Waals surface area (Å²) in [6, 6.07) is 15.0. The Morgan fingerprint density at radius 1 is 0.704 bits per heavy atom. The molecule has 4 aromatic rings. The summed E-state index contributed by atoms with van der Waals surface area (Å²) >= 11 is 0.991. The van der Waals surface area contributed by atoms with E-state index in [4.69, 9.17) is 9.32 Å². The van der Waals surface area contributed by atoms with Crippen LogP contribution in [-0.4, -0.2) is 107 Å². The molecule has 1 aliphatic heterocycles. The minimum absolute atomic E-state index is 0.0525. The third kappa shape index (κ3) is 9.95. The molecule has 0 radical (unpaired) electrons. The van der Waals surface area contributed by atoms with Crippen LogP contribution in [0, 0.1) is 0 Å². The van der Waals surface area contributed by atoms with Crippen molar-refractivity contribution in [3.63, 3.8) is 0 Å². The van der Waals surface area contributed by atoms with Gasteiger partial charge in [-0.2, -0.15) is 20.4 Å². The van der Waals surface area contributed by atoms with Crippen molar-refractivity contribution in [1.82, 2.24) is 24.8 Å². The molecule has 0 atom stereocenters. The van der Waals surface area contributed by atoms with Crippen molar-refractivity contribution >= 4 is 58.0 Å². The molecule has 0 spiro atoms. The number of aromatic nitrogens is 3. The molecule has 1 aliphatic rings. The van der Waals surface area contributed by atoms with Crippen molar-refractivity contribution in [3.05, 3.63) is 65.2 Å². The summed E-state index contributed by atoms with van der Waals surface area (Å²) in [6.45, 7) is 21.6. The Morgan fingerprint density at radius 2 is 1.26 bits per heavy atom. The predicted octanol–water partition coefficient (Wildman–Crippen LogP) is 6.84. The Kier molecular flexibility index (Phi) is 15.2. The summed E-state index contributed by atoms with van der Waals surface area (Å²) in [7, 11) is 0. The van der Waals surface area contributed by atoms with E-state index in [1.807, 2.05) is 48.5 Å². The van der Waals surface area contributed by atoms with Crippen LogP contribution in [-0.2, 0) is 9.32 Å². The van der Waals surface area contributed by atoms with Gasteiger partial charge in [-0.05, 0) is 78.1 Å². The van der Waals surface area contributed by atoms with E-state index >= 15 is 0 Å². The lowest BCUT2D eigenvalue weighted by Crippen LogP contribution is -2.26. The van der Waals surface area contributed by atoms with Crippen LogP contribution in [0.2, 0.25) is 0 Å². The molecule has 54 heavy (non-hydrogen) atoms. The zero-order chi connectivity index (χ0) is 38.5. The summed E-state index contributed by atoms with van der Waals surface area (Å²) in [5, 5.41) is 19.6.